The number of piperidine rings is 1. The van der Waals surface area contributed by atoms with E-state index in [1.807, 2.05) is 0 Å². The van der Waals surface area contributed by atoms with Crippen molar-refractivity contribution < 1.29 is 50.6 Å². The number of halogens is 6. The highest BCUT2D eigenvalue weighted by Crippen LogP contribution is 2.44. The summed E-state index contributed by atoms with van der Waals surface area (Å²) >= 11 is 0. The number of hydrogen-bond acceptors (Lipinski definition) is 7. The van der Waals surface area contributed by atoms with Gasteiger partial charge in [-0.25, -0.2) is 0 Å². The molecule has 2 aliphatic heterocycles. The third kappa shape index (κ3) is 6.51. The second-order valence-electron chi connectivity index (χ2n) is 10.5. The van der Waals surface area contributed by atoms with Crippen molar-refractivity contribution in [3.05, 3.63) is 80.9 Å². The molecule has 2 aromatic carbocycles. The molecule has 2 aromatic rings. The van der Waals surface area contributed by atoms with Crippen molar-refractivity contribution >= 4 is 0 Å². The highest BCUT2D eigenvalue weighted by molar-refractivity contribution is 5.35. The molecule has 0 unspecified atom stereocenters. The third-order valence-electron chi connectivity index (χ3n) is 7.80. The van der Waals surface area contributed by atoms with Crippen LogP contribution >= 0.6 is 0 Å². The zero-order valence-electron chi connectivity index (χ0n) is 22.2. The molecule has 226 valence electrons. The van der Waals surface area contributed by atoms with E-state index in [4.69, 9.17) is 14.2 Å². The molecular weight excluding hydrogens is 562 g/mol. The molecule has 0 bridgehead atoms. The Labute approximate surface area is 231 Å². The summed E-state index contributed by atoms with van der Waals surface area (Å²) in [6.07, 6.45) is -12.5. The van der Waals surface area contributed by atoms with Gasteiger partial charge in [-0.05, 0) is 49.6 Å². The average molecular weight is 593 g/mol. The molecule has 41 heavy (non-hydrogen) atoms. The first-order valence-electron chi connectivity index (χ1n) is 12.9. The van der Waals surface area contributed by atoms with Gasteiger partial charge in [0.1, 0.15) is 6.61 Å². The van der Waals surface area contributed by atoms with Crippen LogP contribution < -0.4 is 0 Å². The molecule has 8 nitrogen and oxygen atoms in total. The van der Waals surface area contributed by atoms with Crippen molar-refractivity contribution in [1.82, 2.24) is 4.90 Å². The molecule has 2 heterocycles. The maximum Gasteiger partial charge on any atom is 0.416 e. The van der Waals surface area contributed by atoms with E-state index in [0.29, 0.717) is 17.7 Å². The molecule has 2 fully saturated rings. The first kappa shape index (κ1) is 31.2. The topological polar surface area (TPSA) is 94.3 Å². The summed E-state index contributed by atoms with van der Waals surface area (Å²) in [7, 11) is 0. The zero-order chi connectivity index (χ0) is 30.2. The van der Waals surface area contributed by atoms with Gasteiger partial charge in [-0.3, -0.25) is 15.0 Å². The van der Waals surface area contributed by atoms with Gasteiger partial charge in [-0.15, -0.1) is 0 Å². The maximum absolute atomic E-state index is 13.5. The van der Waals surface area contributed by atoms with Crippen molar-refractivity contribution in [3.8, 4) is 0 Å². The van der Waals surface area contributed by atoms with Crippen LogP contribution in [0.1, 0.15) is 55.0 Å². The van der Waals surface area contributed by atoms with Gasteiger partial charge in [0.15, 0.2) is 12.6 Å². The van der Waals surface area contributed by atoms with Crippen molar-refractivity contribution in [2.75, 3.05) is 26.3 Å². The first-order valence-corrected chi connectivity index (χ1v) is 12.9. The predicted molar refractivity (Wildman–Crippen MR) is 132 cm³/mol. The van der Waals surface area contributed by atoms with Crippen molar-refractivity contribution in [2.24, 2.45) is 0 Å². The molecule has 0 aliphatic carbocycles. The molecular formula is C27H30F6N2O6. The van der Waals surface area contributed by atoms with E-state index in [0.717, 1.165) is 0 Å². The van der Waals surface area contributed by atoms with Gasteiger partial charge >= 0.3 is 12.4 Å². The number of nitrogens with zero attached hydrogens (tertiary/aromatic N) is 2. The lowest BCUT2D eigenvalue weighted by atomic mass is 9.75. The summed E-state index contributed by atoms with van der Waals surface area (Å²) in [5.41, 5.74) is -5.39. The van der Waals surface area contributed by atoms with Crippen LogP contribution in [0.5, 0.6) is 0 Å². The predicted octanol–water partition coefficient (Wildman–Crippen LogP) is 5.52. The molecule has 0 amide bonds. The fourth-order valence-corrected chi connectivity index (χ4v) is 5.36. The van der Waals surface area contributed by atoms with Crippen LogP contribution in [0, 0.1) is 10.1 Å². The summed E-state index contributed by atoms with van der Waals surface area (Å²) in [4.78, 5) is 13.2. The second kappa shape index (κ2) is 11.5. The highest BCUT2D eigenvalue weighted by atomic mass is 19.4. The van der Waals surface area contributed by atoms with E-state index < -0.39 is 64.8 Å². The third-order valence-corrected chi connectivity index (χ3v) is 7.80. The lowest BCUT2D eigenvalue weighted by Gasteiger charge is -2.52. The van der Waals surface area contributed by atoms with E-state index in [-0.39, 0.29) is 44.2 Å². The van der Waals surface area contributed by atoms with E-state index >= 15 is 0 Å². The van der Waals surface area contributed by atoms with Gasteiger partial charge in [-0.1, -0.05) is 30.3 Å². The Bertz CT molecular complexity index is 1190. The smallest absolute Gasteiger partial charge is 0.389 e. The fraction of sp³-hybridized carbons (Fsp3) is 0.556. The molecule has 1 N–H and O–H groups in total. The van der Waals surface area contributed by atoms with Crippen molar-refractivity contribution in [2.45, 2.75) is 68.8 Å². The van der Waals surface area contributed by atoms with Crippen LogP contribution in [-0.4, -0.2) is 59.4 Å². The molecule has 2 aliphatic rings. The van der Waals surface area contributed by atoms with Gasteiger partial charge in [0.2, 0.25) is 0 Å². The number of aliphatic hydroxyl groups excluding tert-OH is 1. The molecule has 0 spiro atoms. The Hall–Kier alpha value is -2.78. The summed E-state index contributed by atoms with van der Waals surface area (Å²) in [6.45, 7) is 1.83. The lowest BCUT2D eigenvalue weighted by molar-refractivity contribution is -0.581. The van der Waals surface area contributed by atoms with Gasteiger partial charge in [0, 0.05) is 11.3 Å². The number of hydrogen-bond donors (Lipinski definition) is 1. The van der Waals surface area contributed by atoms with E-state index in [1.165, 1.54) is 6.92 Å². The Morgan fingerprint density at radius 2 is 1.66 bits per heavy atom. The van der Waals surface area contributed by atoms with Gasteiger partial charge in [0.25, 0.3) is 5.54 Å². The summed E-state index contributed by atoms with van der Waals surface area (Å²) in [6, 6.07) is 10.0. The number of aliphatic hydroxyl groups is 1. The minimum atomic E-state index is -5.02. The maximum atomic E-state index is 13.5. The Morgan fingerprint density at radius 1 is 1.07 bits per heavy atom. The van der Waals surface area contributed by atoms with Crippen LogP contribution in [0.15, 0.2) is 48.5 Å². The van der Waals surface area contributed by atoms with E-state index in [9.17, 15) is 41.6 Å². The Morgan fingerprint density at radius 3 is 2.15 bits per heavy atom. The quantitative estimate of drug-likeness (QED) is 0.233. The van der Waals surface area contributed by atoms with Gasteiger partial charge < -0.3 is 19.3 Å². The van der Waals surface area contributed by atoms with Crippen LogP contribution in [0.4, 0.5) is 26.3 Å². The molecule has 14 heteroatoms. The molecule has 2 saturated heterocycles. The number of rotatable bonds is 9. The number of alkyl halides is 6. The zero-order valence-corrected chi connectivity index (χ0v) is 22.2. The normalized spacial score (nSPS) is 28.2. The van der Waals surface area contributed by atoms with Gasteiger partial charge in [-0.2, -0.15) is 26.3 Å². The van der Waals surface area contributed by atoms with Crippen molar-refractivity contribution in [1.29, 1.82) is 0 Å². The molecule has 3 atom stereocenters. The number of ether oxygens (including phenoxy) is 3. The number of likely N-dealkylation sites (tertiary alicyclic amines) is 1. The van der Waals surface area contributed by atoms with Gasteiger partial charge in [0.05, 0.1) is 42.5 Å². The lowest BCUT2D eigenvalue weighted by Crippen LogP contribution is -2.66. The molecule has 0 saturated carbocycles. The summed E-state index contributed by atoms with van der Waals surface area (Å²) in [5.74, 6) is 0. The second-order valence-corrected chi connectivity index (χ2v) is 10.5. The minimum Gasteiger partial charge on any atom is -0.389 e. The van der Waals surface area contributed by atoms with Crippen LogP contribution in [-0.2, 0) is 32.1 Å². The summed E-state index contributed by atoms with van der Waals surface area (Å²) in [5, 5.41) is 22.1. The standard InChI is InChI=1S/C27H30F6N2O6/c1-17(19-10-21(26(28,29)30)12-22(11-19)27(31,32)33)39-16-25(20-6-4-3-5-7-20)9-8-24(15-36,35(37)38)14-34(25)13-23-40-18(2)41-23/h3-7,10-12,17-18,23,36H,8-9,13-16H2,1-2H3/t17-,18?,23?,24-,25-/m1/s1. The molecule has 0 radical (unpaired) electrons. The Kier molecular flexibility index (Phi) is 8.72. The van der Waals surface area contributed by atoms with Crippen LogP contribution in [0.3, 0.4) is 0 Å². The number of benzene rings is 2. The van der Waals surface area contributed by atoms with Crippen molar-refractivity contribution in [3.63, 3.8) is 0 Å². The number of nitro groups is 1. The average Bonchev–Trinajstić information content (AvgIpc) is 2.90. The Balaban J connectivity index is 1.71. The highest BCUT2D eigenvalue weighted by Gasteiger charge is 2.56. The minimum absolute atomic E-state index is 0.0361. The fourth-order valence-electron chi connectivity index (χ4n) is 5.36. The monoisotopic (exact) mass is 592 g/mol. The summed E-state index contributed by atoms with van der Waals surface area (Å²) < 4.78 is 97.9. The van der Waals surface area contributed by atoms with E-state index in [1.54, 1.807) is 42.2 Å². The first-order chi connectivity index (χ1) is 19.1. The molecule has 0 aromatic heterocycles. The molecule has 4 rings (SSSR count). The van der Waals surface area contributed by atoms with Crippen LogP contribution in [0.2, 0.25) is 0 Å². The SMILES string of the molecule is CC1OC(CN2C[C@](CO)([N+](=O)[O-])CC[C@@]2(CO[C@H](C)c2cc(C(F)(F)F)cc(C(F)(F)F)c2)c2ccccc2)O1. The largest absolute Gasteiger partial charge is 0.416 e. The van der Waals surface area contributed by atoms with Crippen LogP contribution in [0.25, 0.3) is 0 Å². The van der Waals surface area contributed by atoms with E-state index in [2.05, 4.69) is 0 Å².